The molecular weight excluding hydrogens is 384 g/mol. The maximum Gasteiger partial charge on any atom is 0.328 e. The Kier molecular flexibility index (Phi) is 6.85. The Hall–Kier alpha value is -3.61. The molecule has 1 aliphatic heterocycles. The average Bonchev–Trinajstić information content (AvgIpc) is 3.20. The van der Waals surface area contributed by atoms with Crippen molar-refractivity contribution in [1.29, 1.82) is 0 Å². The number of hydrogen-bond acceptors (Lipinski definition) is 5. The van der Waals surface area contributed by atoms with Crippen LogP contribution in [0.15, 0.2) is 54.6 Å². The molecule has 0 saturated carbocycles. The minimum absolute atomic E-state index is 0.286. The number of benzene rings is 2. The predicted molar refractivity (Wildman–Crippen MR) is 113 cm³/mol. The first-order valence-electron chi connectivity index (χ1n) is 9.65. The van der Waals surface area contributed by atoms with Gasteiger partial charge in [0.2, 0.25) is 5.91 Å². The van der Waals surface area contributed by atoms with E-state index in [9.17, 15) is 14.4 Å². The Morgan fingerprint density at radius 2 is 1.87 bits per heavy atom. The molecule has 0 fully saturated rings. The van der Waals surface area contributed by atoms with Crippen LogP contribution >= 0.6 is 0 Å². The quantitative estimate of drug-likeness (QED) is 0.562. The van der Waals surface area contributed by atoms with Crippen molar-refractivity contribution in [2.45, 2.75) is 19.4 Å². The molecule has 1 atom stereocenters. The molecule has 0 spiro atoms. The molecule has 7 heteroatoms. The van der Waals surface area contributed by atoms with Crippen LogP contribution in [0.4, 0.5) is 5.69 Å². The standard InChI is InChI=1S/C23H24N2O5/c1-16(24-21(26)12-9-17-7-10-19(29-2)11-8-17)23(28)30-15-22(27)25-14-13-18-5-3-4-6-20(18)25/h3-12,16H,13-15H2,1-2H3,(H,24,26). The molecule has 2 aromatic rings. The maximum atomic E-state index is 12.4. The van der Waals surface area contributed by atoms with E-state index in [0.29, 0.717) is 6.54 Å². The van der Waals surface area contributed by atoms with E-state index in [2.05, 4.69) is 5.32 Å². The van der Waals surface area contributed by atoms with Crippen molar-refractivity contribution in [3.8, 4) is 5.75 Å². The fraction of sp³-hybridized carbons (Fsp3) is 0.261. The fourth-order valence-electron chi connectivity index (χ4n) is 3.14. The Labute approximate surface area is 175 Å². The molecule has 0 bridgehead atoms. The molecular formula is C23H24N2O5. The topological polar surface area (TPSA) is 84.9 Å². The van der Waals surface area contributed by atoms with E-state index in [1.807, 2.05) is 36.4 Å². The molecule has 7 nitrogen and oxygen atoms in total. The van der Waals surface area contributed by atoms with Gasteiger partial charge >= 0.3 is 5.97 Å². The van der Waals surface area contributed by atoms with Crippen LogP contribution in [0.5, 0.6) is 5.75 Å². The van der Waals surface area contributed by atoms with Gasteiger partial charge in [-0.1, -0.05) is 30.3 Å². The number of anilines is 1. The Morgan fingerprint density at radius 1 is 1.13 bits per heavy atom. The molecule has 1 heterocycles. The summed E-state index contributed by atoms with van der Waals surface area (Å²) >= 11 is 0. The number of esters is 1. The van der Waals surface area contributed by atoms with E-state index < -0.39 is 17.9 Å². The lowest BCUT2D eigenvalue weighted by molar-refractivity contribution is -0.150. The summed E-state index contributed by atoms with van der Waals surface area (Å²) in [5.74, 6) is -0.664. The van der Waals surface area contributed by atoms with Crippen molar-refractivity contribution in [2.24, 2.45) is 0 Å². The molecule has 0 aromatic heterocycles. The lowest BCUT2D eigenvalue weighted by Gasteiger charge is -2.18. The fourth-order valence-corrected chi connectivity index (χ4v) is 3.14. The molecule has 0 radical (unpaired) electrons. The van der Waals surface area contributed by atoms with Gasteiger partial charge in [0.15, 0.2) is 6.61 Å². The van der Waals surface area contributed by atoms with E-state index in [1.54, 1.807) is 30.2 Å². The number of rotatable bonds is 7. The van der Waals surface area contributed by atoms with Crippen molar-refractivity contribution >= 4 is 29.5 Å². The number of nitrogens with one attached hydrogen (secondary N) is 1. The molecule has 30 heavy (non-hydrogen) atoms. The third-order valence-electron chi connectivity index (χ3n) is 4.78. The van der Waals surface area contributed by atoms with Gasteiger partial charge in [-0.3, -0.25) is 9.59 Å². The van der Waals surface area contributed by atoms with E-state index in [1.165, 1.54) is 13.0 Å². The summed E-state index contributed by atoms with van der Waals surface area (Å²) in [6.45, 7) is 1.71. The number of nitrogens with zero attached hydrogens (tertiary/aromatic N) is 1. The van der Waals surface area contributed by atoms with Crippen molar-refractivity contribution in [3.05, 3.63) is 65.7 Å². The second kappa shape index (κ2) is 9.73. The second-order valence-corrected chi connectivity index (χ2v) is 6.87. The second-order valence-electron chi connectivity index (χ2n) is 6.87. The highest BCUT2D eigenvalue weighted by Gasteiger charge is 2.25. The van der Waals surface area contributed by atoms with Crippen LogP contribution < -0.4 is 15.0 Å². The number of carbonyl (C=O) groups is 3. The van der Waals surface area contributed by atoms with Crippen LogP contribution in [0.1, 0.15) is 18.1 Å². The van der Waals surface area contributed by atoms with Gasteiger partial charge in [-0.2, -0.15) is 0 Å². The highest BCUT2D eigenvalue weighted by atomic mass is 16.5. The molecule has 1 aliphatic rings. The number of carbonyl (C=O) groups excluding carboxylic acids is 3. The van der Waals surface area contributed by atoms with Gasteiger partial charge in [0.25, 0.3) is 5.91 Å². The molecule has 1 unspecified atom stereocenters. The minimum atomic E-state index is -0.878. The van der Waals surface area contributed by atoms with Gasteiger partial charge in [0, 0.05) is 18.3 Å². The van der Waals surface area contributed by atoms with Crippen molar-refractivity contribution in [3.63, 3.8) is 0 Å². The molecule has 156 valence electrons. The summed E-state index contributed by atoms with van der Waals surface area (Å²) in [5, 5.41) is 2.53. The summed E-state index contributed by atoms with van der Waals surface area (Å²) in [6.07, 6.45) is 3.74. The Bertz CT molecular complexity index is 952. The summed E-state index contributed by atoms with van der Waals surface area (Å²) in [7, 11) is 1.58. The van der Waals surface area contributed by atoms with Crippen molar-refractivity contribution in [1.82, 2.24) is 5.32 Å². The normalized spacial score (nSPS) is 13.6. The number of fused-ring (bicyclic) bond motifs is 1. The highest BCUT2D eigenvalue weighted by molar-refractivity contribution is 5.98. The van der Waals surface area contributed by atoms with Crippen LogP contribution in [0, 0.1) is 0 Å². The summed E-state index contributed by atoms with van der Waals surface area (Å²) in [5.41, 5.74) is 2.77. The lowest BCUT2D eigenvalue weighted by atomic mass is 10.2. The van der Waals surface area contributed by atoms with E-state index in [-0.39, 0.29) is 12.5 Å². The van der Waals surface area contributed by atoms with Crippen LogP contribution in [-0.4, -0.2) is 44.1 Å². The summed E-state index contributed by atoms with van der Waals surface area (Å²) in [6, 6.07) is 14.0. The SMILES string of the molecule is COc1ccc(C=CC(=O)NC(C)C(=O)OCC(=O)N2CCc3ccccc32)cc1. The number of methoxy groups -OCH3 is 1. The molecule has 2 amide bonds. The zero-order valence-electron chi connectivity index (χ0n) is 17.0. The number of hydrogen-bond donors (Lipinski definition) is 1. The Morgan fingerprint density at radius 3 is 2.60 bits per heavy atom. The van der Waals surface area contributed by atoms with Crippen LogP contribution in [-0.2, 0) is 25.5 Å². The van der Waals surface area contributed by atoms with Gasteiger partial charge < -0.3 is 19.7 Å². The monoisotopic (exact) mass is 408 g/mol. The number of ether oxygens (including phenoxy) is 2. The first kappa shape index (κ1) is 21.1. The molecule has 0 saturated heterocycles. The van der Waals surface area contributed by atoms with E-state index in [4.69, 9.17) is 9.47 Å². The molecule has 2 aromatic carbocycles. The molecule has 1 N–H and O–H groups in total. The highest BCUT2D eigenvalue weighted by Crippen LogP contribution is 2.27. The largest absolute Gasteiger partial charge is 0.497 e. The van der Waals surface area contributed by atoms with Crippen LogP contribution in [0.25, 0.3) is 6.08 Å². The Balaban J connectivity index is 1.45. The third kappa shape index (κ3) is 5.26. The van der Waals surface area contributed by atoms with Crippen molar-refractivity contribution < 1.29 is 23.9 Å². The smallest absolute Gasteiger partial charge is 0.328 e. The van der Waals surface area contributed by atoms with Crippen LogP contribution in [0.2, 0.25) is 0 Å². The first-order chi connectivity index (χ1) is 14.5. The summed E-state index contributed by atoms with van der Waals surface area (Å²) in [4.78, 5) is 38.2. The van der Waals surface area contributed by atoms with E-state index >= 15 is 0 Å². The molecule has 3 rings (SSSR count). The van der Waals surface area contributed by atoms with Gasteiger partial charge in [-0.25, -0.2) is 4.79 Å². The first-order valence-corrected chi connectivity index (χ1v) is 9.65. The average molecular weight is 408 g/mol. The van der Waals surface area contributed by atoms with Gasteiger partial charge in [-0.15, -0.1) is 0 Å². The van der Waals surface area contributed by atoms with Gasteiger partial charge in [-0.05, 0) is 48.7 Å². The van der Waals surface area contributed by atoms with Gasteiger partial charge in [0.05, 0.1) is 7.11 Å². The van der Waals surface area contributed by atoms with Crippen LogP contribution in [0.3, 0.4) is 0 Å². The number of para-hydroxylation sites is 1. The zero-order valence-corrected chi connectivity index (χ0v) is 17.0. The predicted octanol–water partition coefficient (Wildman–Crippen LogP) is 2.35. The zero-order chi connectivity index (χ0) is 21.5. The third-order valence-corrected chi connectivity index (χ3v) is 4.78. The lowest BCUT2D eigenvalue weighted by Crippen LogP contribution is -2.40. The van der Waals surface area contributed by atoms with Gasteiger partial charge in [0.1, 0.15) is 11.8 Å². The van der Waals surface area contributed by atoms with E-state index in [0.717, 1.165) is 29.0 Å². The maximum absolute atomic E-state index is 12.4. The number of amides is 2. The summed E-state index contributed by atoms with van der Waals surface area (Å²) < 4.78 is 10.2. The minimum Gasteiger partial charge on any atom is -0.497 e. The van der Waals surface area contributed by atoms with Crippen molar-refractivity contribution in [2.75, 3.05) is 25.2 Å². The molecule has 0 aliphatic carbocycles.